The lowest BCUT2D eigenvalue weighted by Gasteiger charge is -2.31. The molecule has 0 saturated heterocycles. The summed E-state index contributed by atoms with van der Waals surface area (Å²) in [5.41, 5.74) is 1.26. The highest BCUT2D eigenvalue weighted by Crippen LogP contribution is 2.36. The molecule has 0 unspecified atom stereocenters. The molecular formula is C20H30O3. The predicted molar refractivity (Wildman–Crippen MR) is 92.8 cm³/mol. The van der Waals surface area contributed by atoms with E-state index in [4.69, 9.17) is 9.47 Å². The molecule has 3 nitrogen and oxygen atoms in total. The number of carbonyl (C=O) groups is 1. The maximum Gasteiger partial charge on any atom is 0.306 e. The van der Waals surface area contributed by atoms with Gasteiger partial charge in [-0.15, -0.1) is 0 Å². The maximum atomic E-state index is 12.1. The van der Waals surface area contributed by atoms with Gasteiger partial charge in [0.15, 0.2) is 0 Å². The van der Waals surface area contributed by atoms with Crippen molar-refractivity contribution in [3.05, 3.63) is 29.8 Å². The summed E-state index contributed by atoms with van der Waals surface area (Å²) in [6, 6.07) is 8.29. The summed E-state index contributed by atoms with van der Waals surface area (Å²) < 4.78 is 11.3. The first-order valence-electron chi connectivity index (χ1n) is 9.16. The molecule has 0 aliphatic heterocycles. The molecule has 1 aliphatic rings. The van der Waals surface area contributed by atoms with Gasteiger partial charge in [-0.2, -0.15) is 0 Å². The Bertz CT molecular complexity index is 466. The van der Waals surface area contributed by atoms with E-state index >= 15 is 0 Å². The second kappa shape index (κ2) is 9.59. The van der Waals surface area contributed by atoms with E-state index in [1.807, 2.05) is 19.1 Å². The molecule has 2 rings (SSSR count). The first-order valence-corrected chi connectivity index (χ1v) is 9.16. The van der Waals surface area contributed by atoms with Crippen molar-refractivity contribution >= 4 is 5.97 Å². The number of hydrogen-bond acceptors (Lipinski definition) is 3. The van der Waals surface area contributed by atoms with E-state index in [1.165, 1.54) is 12.0 Å². The Morgan fingerprint density at radius 3 is 2.52 bits per heavy atom. The molecule has 128 valence electrons. The molecule has 2 atom stereocenters. The molecule has 0 aromatic heterocycles. The molecule has 1 aliphatic carbocycles. The van der Waals surface area contributed by atoms with Crippen LogP contribution in [0, 0.1) is 0 Å². The first kappa shape index (κ1) is 17.8. The molecule has 0 spiro atoms. The smallest absolute Gasteiger partial charge is 0.306 e. The summed E-state index contributed by atoms with van der Waals surface area (Å²) in [4.78, 5) is 12.1. The fraction of sp³-hybridized carbons (Fsp3) is 0.650. The van der Waals surface area contributed by atoms with Crippen LogP contribution in [-0.4, -0.2) is 18.7 Å². The van der Waals surface area contributed by atoms with Crippen LogP contribution in [0.2, 0.25) is 0 Å². The number of hydrogen-bond donors (Lipinski definition) is 0. The largest absolute Gasteiger partial charge is 0.494 e. The normalized spacial score (nSPS) is 21.0. The van der Waals surface area contributed by atoms with Crippen LogP contribution in [0.15, 0.2) is 24.3 Å². The molecule has 1 fully saturated rings. The predicted octanol–water partition coefficient (Wildman–Crippen LogP) is 5.24. The lowest BCUT2D eigenvalue weighted by Crippen LogP contribution is -2.28. The molecule has 1 aromatic carbocycles. The van der Waals surface area contributed by atoms with E-state index in [1.54, 1.807) is 0 Å². The fourth-order valence-electron chi connectivity index (χ4n) is 3.34. The number of rotatable bonds is 8. The maximum absolute atomic E-state index is 12.1. The van der Waals surface area contributed by atoms with Crippen LogP contribution in [0.4, 0.5) is 0 Å². The van der Waals surface area contributed by atoms with Crippen LogP contribution in [0.1, 0.15) is 76.7 Å². The lowest BCUT2D eigenvalue weighted by molar-refractivity contribution is -0.151. The summed E-state index contributed by atoms with van der Waals surface area (Å²) in [5, 5.41) is 0. The number of esters is 1. The van der Waals surface area contributed by atoms with Gasteiger partial charge in [0.05, 0.1) is 6.61 Å². The third-order valence-corrected chi connectivity index (χ3v) is 4.59. The Balaban J connectivity index is 1.95. The summed E-state index contributed by atoms with van der Waals surface area (Å²) in [5.74, 6) is 1.20. The average molecular weight is 318 g/mol. The molecule has 0 N–H and O–H groups in total. The zero-order valence-electron chi connectivity index (χ0n) is 14.6. The van der Waals surface area contributed by atoms with Gasteiger partial charge in [0, 0.05) is 12.3 Å². The van der Waals surface area contributed by atoms with E-state index < -0.39 is 0 Å². The summed E-state index contributed by atoms with van der Waals surface area (Å²) >= 11 is 0. The van der Waals surface area contributed by atoms with E-state index in [2.05, 4.69) is 19.1 Å². The van der Waals surface area contributed by atoms with Crippen molar-refractivity contribution in [3.8, 4) is 5.75 Å². The lowest BCUT2D eigenvalue weighted by atomic mass is 9.81. The van der Waals surface area contributed by atoms with E-state index in [0.29, 0.717) is 18.9 Å². The number of benzene rings is 1. The highest BCUT2D eigenvalue weighted by Gasteiger charge is 2.29. The van der Waals surface area contributed by atoms with Gasteiger partial charge in [-0.05, 0) is 50.3 Å². The van der Waals surface area contributed by atoms with Gasteiger partial charge in [0.1, 0.15) is 11.9 Å². The van der Waals surface area contributed by atoms with Crippen molar-refractivity contribution in [3.63, 3.8) is 0 Å². The van der Waals surface area contributed by atoms with Gasteiger partial charge in [-0.3, -0.25) is 4.79 Å². The Morgan fingerprint density at radius 1 is 1.09 bits per heavy atom. The Labute approximate surface area is 140 Å². The van der Waals surface area contributed by atoms with Crippen LogP contribution in [0.25, 0.3) is 0 Å². The van der Waals surface area contributed by atoms with Crippen molar-refractivity contribution in [2.24, 2.45) is 0 Å². The van der Waals surface area contributed by atoms with Crippen LogP contribution in [0.5, 0.6) is 5.75 Å². The first-order chi connectivity index (χ1) is 11.2. The summed E-state index contributed by atoms with van der Waals surface area (Å²) in [6.45, 7) is 4.82. The zero-order valence-corrected chi connectivity index (χ0v) is 14.6. The van der Waals surface area contributed by atoms with Crippen molar-refractivity contribution in [2.75, 3.05) is 6.61 Å². The molecule has 0 bridgehead atoms. The van der Waals surface area contributed by atoms with Gasteiger partial charge in [0.2, 0.25) is 0 Å². The number of carbonyl (C=O) groups excluding carboxylic acids is 1. The molecule has 1 aromatic rings. The van der Waals surface area contributed by atoms with Gasteiger partial charge >= 0.3 is 5.97 Å². The topological polar surface area (TPSA) is 35.5 Å². The molecule has 0 heterocycles. The van der Waals surface area contributed by atoms with Gasteiger partial charge in [0.25, 0.3) is 0 Å². The van der Waals surface area contributed by atoms with Crippen molar-refractivity contribution < 1.29 is 14.3 Å². The minimum Gasteiger partial charge on any atom is -0.494 e. The van der Waals surface area contributed by atoms with Gasteiger partial charge < -0.3 is 9.47 Å². The van der Waals surface area contributed by atoms with Crippen LogP contribution >= 0.6 is 0 Å². The van der Waals surface area contributed by atoms with Crippen LogP contribution < -0.4 is 4.74 Å². The van der Waals surface area contributed by atoms with E-state index in [0.717, 1.165) is 44.3 Å². The SMILES string of the molecule is CCCCCC(=O)O[C@H]1CCCC[C@@H]1c1ccc(OCC)cc1. The monoisotopic (exact) mass is 318 g/mol. The Morgan fingerprint density at radius 2 is 1.83 bits per heavy atom. The second-order valence-corrected chi connectivity index (χ2v) is 6.38. The quantitative estimate of drug-likeness (QED) is 0.486. The van der Waals surface area contributed by atoms with Crippen LogP contribution in [-0.2, 0) is 9.53 Å². The third kappa shape index (κ3) is 5.56. The second-order valence-electron chi connectivity index (χ2n) is 6.38. The highest BCUT2D eigenvalue weighted by atomic mass is 16.5. The van der Waals surface area contributed by atoms with Crippen molar-refractivity contribution in [2.45, 2.75) is 77.2 Å². The average Bonchev–Trinajstić information content (AvgIpc) is 2.57. The third-order valence-electron chi connectivity index (χ3n) is 4.59. The fourth-order valence-corrected chi connectivity index (χ4v) is 3.34. The van der Waals surface area contributed by atoms with Gasteiger partial charge in [-0.25, -0.2) is 0 Å². The summed E-state index contributed by atoms with van der Waals surface area (Å²) in [6.07, 6.45) is 8.21. The van der Waals surface area contributed by atoms with Crippen LogP contribution in [0.3, 0.4) is 0 Å². The van der Waals surface area contributed by atoms with E-state index in [9.17, 15) is 4.79 Å². The van der Waals surface area contributed by atoms with Crippen molar-refractivity contribution in [1.82, 2.24) is 0 Å². The number of ether oxygens (including phenoxy) is 2. The molecular weight excluding hydrogens is 288 g/mol. The zero-order chi connectivity index (χ0) is 16.5. The highest BCUT2D eigenvalue weighted by molar-refractivity contribution is 5.69. The van der Waals surface area contributed by atoms with Crippen molar-refractivity contribution in [1.29, 1.82) is 0 Å². The molecule has 0 amide bonds. The Hall–Kier alpha value is -1.51. The molecule has 0 radical (unpaired) electrons. The molecule has 1 saturated carbocycles. The molecule has 3 heteroatoms. The minimum atomic E-state index is -0.0266. The minimum absolute atomic E-state index is 0.0266. The van der Waals surface area contributed by atoms with Gasteiger partial charge in [-0.1, -0.05) is 38.3 Å². The molecule has 23 heavy (non-hydrogen) atoms. The standard InChI is InChI=1S/C20H30O3/c1-3-5-6-11-20(21)23-19-10-8-7-9-18(19)16-12-14-17(15-13-16)22-4-2/h12-15,18-19H,3-11H2,1-2H3/t18-,19+/m1/s1. The Kier molecular flexibility index (Phi) is 7.44. The van der Waals surface area contributed by atoms with E-state index in [-0.39, 0.29) is 12.1 Å². The number of unbranched alkanes of at least 4 members (excludes halogenated alkanes) is 2. The summed E-state index contributed by atoms with van der Waals surface area (Å²) in [7, 11) is 0.